The van der Waals surface area contributed by atoms with Crippen molar-refractivity contribution >= 4 is 29.3 Å². The summed E-state index contributed by atoms with van der Waals surface area (Å²) >= 11 is 6.29. The number of rotatable bonds is 12. The highest BCUT2D eigenvalue weighted by molar-refractivity contribution is 6.32. The molecule has 1 heterocycles. The number of aromatic nitrogens is 2. The Morgan fingerprint density at radius 3 is 2.33 bits per heavy atom. The average molecular weight is 554 g/mol. The van der Waals surface area contributed by atoms with Gasteiger partial charge in [0.05, 0.1) is 22.9 Å². The molecule has 3 rings (SSSR count). The number of imidazole rings is 1. The van der Waals surface area contributed by atoms with Gasteiger partial charge in [0.15, 0.2) is 0 Å². The number of hydrogen-bond acceptors (Lipinski definition) is 5. The molecule has 9 nitrogen and oxygen atoms in total. The van der Waals surface area contributed by atoms with Crippen LogP contribution in [0.25, 0.3) is 11.3 Å². The lowest BCUT2D eigenvalue weighted by atomic mass is 10.0. The Labute approximate surface area is 234 Å². The van der Waals surface area contributed by atoms with Crippen LogP contribution in [0.2, 0.25) is 5.02 Å². The number of carbonyl (C=O) groups excluding carboxylic acids is 3. The second-order valence-electron chi connectivity index (χ2n) is 9.75. The molecule has 39 heavy (non-hydrogen) atoms. The van der Waals surface area contributed by atoms with Crippen LogP contribution < -0.4 is 21.1 Å². The highest BCUT2D eigenvalue weighted by atomic mass is 35.5. The van der Waals surface area contributed by atoms with Gasteiger partial charge in [-0.3, -0.25) is 14.4 Å². The molecule has 0 saturated carbocycles. The number of ether oxygens (including phenoxy) is 1. The van der Waals surface area contributed by atoms with E-state index in [2.05, 4.69) is 10.6 Å². The summed E-state index contributed by atoms with van der Waals surface area (Å²) in [7, 11) is 0. The van der Waals surface area contributed by atoms with Gasteiger partial charge in [-0.05, 0) is 57.9 Å². The van der Waals surface area contributed by atoms with Gasteiger partial charge in [-0.25, -0.2) is 4.98 Å². The first kappa shape index (κ1) is 29.7. The van der Waals surface area contributed by atoms with Gasteiger partial charge in [-0.1, -0.05) is 35.9 Å². The predicted molar refractivity (Wildman–Crippen MR) is 152 cm³/mol. The maximum absolute atomic E-state index is 12.9. The fourth-order valence-corrected chi connectivity index (χ4v) is 4.54. The van der Waals surface area contributed by atoms with Gasteiger partial charge in [0.25, 0.3) is 5.91 Å². The number of amides is 3. The molecule has 0 radical (unpaired) electrons. The second-order valence-corrected chi connectivity index (χ2v) is 10.2. The molecule has 3 aromatic rings. The molecule has 0 bridgehead atoms. The Bertz CT molecular complexity index is 1320. The van der Waals surface area contributed by atoms with Crippen LogP contribution in [0.1, 0.15) is 68.8 Å². The van der Waals surface area contributed by atoms with E-state index in [0.717, 1.165) is 29.2 Å². The molecule has 2 unspecified atom stereocenters. The third-order valence-electron chi connectivity index (χ3n) is 6.03. The van der Waals surface area contributed by atoms with Crippen molar-refractivity contribution in [1.29, 1.82) is 0 Å². The molecule has 2 aromatic carbocycles. The van der Waals surface area contributed by atoms with Gasteiger partial charge in [0.2, 0.25) is 11.8 Å². The van der Waals surface area contributed by atoms with E-state index in [1.165, 1.54) is 6.92 Å². The van der Waals surface area contributed by atoms with Gasteiger partial charge in [-0.2, -0.15) is 0 Å². The zero-order chi connectivity index (χ0) is 28.7. The van der Waals surface area contributed by atoms with Gasteiger partial charge in [0.1, 0.15) is 11.6 Å². The first-order chi connectivity index (χ1) is 18.5. The van der Waals surface area contributed by atoms with Crippen LogP contribution in [0.5, 0.6) is 5.75 Å². The van der Waals surface area contributed by atoms with Crippen molar-refractivity contribution in [3.05, 3.63) is 70.6 Å². The fraction of sp³-hybridized carbons (Fsp3) is 0.379. The highest BCUT2D eigenvalue weighted by Gasteiger charge is 2.19. The molecule has 10 heteroatoms. The molecule has 0 aliphatic heterocycles. The molecule has 3 amide bonds. The van der Waals surface area contributed by atoms with E-state index in [9.17, 15) is 14.4 Å². The van der Waals surface area contributed by atoms with E-state index < -0.39 is 11.9 Å². The Balaban J connectivity index is 1.74. The van der Waals surface area contributed by atoms with E-state index in [1.807, 2.05) is 62.7 Å². The lowest BCUT2D eigenvalue weighted by molar-refractivity contribution is -0.120. The summed E-state index contributed by atoms with van der Waals surface area (Å²) in [4.78, 5) is 40.9. The molecular weight excluding hydrogens is 518 g/mol. The summed E-state index contributed by atoms with van der Waals surface area (Å²) in [5.74, 6) is 0.289. The van der Waals surface area contributed by atoms with Gasteiger partial charge >= 0.3 is 0 Å². The van der Waals surface area contributed by atoms with Crippen molar-refractivity contribution in [2.45, 2.75) is 72.2 Å². The molecule has 0 fully saturated rings. The third-order valence-corrected chi connectivity index (χ3v) is 6.32. The number of carbonyl (C=O) groups is 3. The second kappa shape index (κ2) is 13.3. The van der Waals surface area contributed by atoms with E-state index in [4.69, 9.17) is 27.1 Å². The number of halogens is 1. The topological polar surface area (TPSA) is 128 Å². The summed E-state index contributed by atoms with van der Waals surface area (Å²) in [6.07, 6.45) is 2.30. The molecule has 0 aliphatic rings. The number of primary amides is 1. The van der Waals surface area contributed by atoms with Crippen LogP contribution in [0.15, 0.2) is 48.7 Å². The molecular formula is C29H36ClN5O4. The minimum atomic E-state index is -0.512. The van der Waals surface area contributed by atoms with Crippen molar-refractivity contribution in [1.82, 2.24) is 20.2 Å². The first-order valence-electron chi connectivity index (χ1n) is 13.0. The molecule has 0 saturated heterocycles. The van der Waals surface area contributed by atoms with E-state index in [1.54, 1.807) is 18.2 Å². The van der Waals surface area contributed by atoms with Crippen molar-refractivity contribution < 1.29 is 19.1 Å². The van der Waals surface area contributed by atoms with Crippen LogP contribution in [0, 0.1) is 0 Å². The summed E-state index contributed by atoms with van der Waals surface area (Å²) in [5, 5.41) is 6.11. The summed E-state index contributed by atoms with van der Waals surface area (Å²) in [6.45, 7) is 9.91. The quantitative estimate of drug-likeness (QED) is 0.306. The number of nitrogens with one attached hydrogen (secondary N) is 2. The number of benzene rings is 2. The normalized spacial score (nSPS) is 12.6. The standard InChI is InChI=1S/C29H36ClN5O4/c1-6-35-16-25(34-28(35)18(4)32-19(5)36)21-9-7-20(8-10-21)13-23(15-27(31)37)33-29(38)22-11-12-26(24(30)14-22)39-17(2)3/h7-12,14,16-18,23H,6,13,15H2,1-5H3,(H2,31,37)(H,32,36)(H,33,38). The first-order valence-corrected chi connectivity index (χ1v) is 13.3. The maximum atomic E-state index is 12.9. The number of aryl methyl sites for hydroxylation is 1. The zero-order valence-electron chi connectivity index (χ0n) is 23.0. The molecule has 4 N–H and O–H groups in total. The van der Waals surface area contributed by atoms with Crippen LogP contribution in [-0.4, -0.2) is 39.4 Å². The lowest BCUT2D eigenvalue weighted by Crippen LogP contribution is -2.39. The Morgan fingerprint density at radius 1 is 1.08 bits per heavy atom. The number of nitrogens with two attached hydrogens (primary N) is 1. The van der Waals surface area contributed by atoms with Crippen molar-refractivity contribution in [3.63, 3.8) is 0 Å². The molecule has 1 aromatic heterocycles. The maximum Gasteiger partial charge on any atom is 0.251 e. The summed E-state index contributed by atoms with van der Waals surface area (Å²) in [5.41, 5.74) is 8.46. The van der Waals surface area contributed by atoms with Crippen LogP contribution in [0.3, 0.4) is 0 Å². The molecule has 208 valence electrons. The monoisotopic (exact) mass is 553 g/mol. The van der Waals surface area contributed by atoms with Gasteiger partial charge < -0.3 is 25.7 Å². The molecule has 0 aliphatic carbocycles. The summed E-state index contributed by atoms with van der Waals surface area (Å²) < 4.78 is 7.64. The highest BCUT2D eigenvalue weighted by Crippen LogP contribution is 2.27. The zero-order valence-corrected chi connectivity index (χ0v) is 23.7. The Kier molecular flexibility index (Phi) is 10.1. The number of hydrogen-bond donors (Lipinski definition) is 3. The smallest absolute Gasteiger partial charge is 0.251 e. The van der Waals surface area contributed by atoms with Gasteiger partial charge in [0, 0.05) is 43.3 Å². The predicted octanol–water partition coefficient (Wildman–Crippen LogP) is 4.42. The minimum absolute atomic E-state index is 0.0128. The SMILES string of the molecule is CCn1cc(-c2ccc(CC(CC(N)=O)NC(=O)c3ccc(OC(C)C)c(Cl)c3)cc2)nc1C(C)NC(C)=O. The van der Waals surface area contributed by atoms with Crippen LogP contribution >= 0.6 is 11.6 Å². The van der Waals surface area contributed by atoms with E-state index in [-0.39, 0.29) is 30.4 Å². The third kappa shape index (κ3) is 8.32. The van der Waals surface area contributed by atoms with Crippen molar-refractivity contribution in [2.75, 3.05) is 0 Å². The Morgan fingerprint density at radius 2 is 1.77 bits per heavy atom. The minimum Gasteiger partial charge on any atom is -0.489 e. The molecule has 2 atom stereocenters. The summed E-state index contributed by atoms with van der Waals surface area (Å²) in [6, 6.07) is 11.9. The Hall–Kier alpha value is -3.85. The van der Waals surface area contributed by atoms with E-state index >= 15 is 0 Å². The van der Waals surface area contributed by atoms with Gasteiger partial charge in [-0.15, -0.1) is 0 Å². The number of nitrogens with zero attached hydrogens (tertiary/aromatic N) is 2. The van der Waals surface area contributed by atoms with Crippen molar-refractivity contribution in [3.8, 4) is 17.0 Å². The van der Waals surface area contributed by atoms with E-state index in [0.29, 0.717) is 22.8 Å². The largest absolute Gasteiger partial charge is 0.489 e. The molecule has 0 spiro atoms. The lowest BCUT2D eigenvalue weighted by Gasteiger charge is -2.18. The fourth-order valence-electron chi connectivity index (χ4n) is 4.31. The average Bonchev–Trinajstić information content (AvgIpc) is 3.29. The van der Waals surface area contributed by atoms with Crippen LogP contribution in [-0.2, 0) is 22.6 Å². The van der Waals surface area contributed by atoms with Crippen LogP contribution in [0.4, 0.5) is 0 Å². The van der Waals surface area contributed by atoms with Crippen molar-refractivity contribution in [2.24, 2.45) is 5.73 Å².